The molecule has 8 heteroatoms. The van der Waals surface area contributed by atoms with Crippen LogP contribution in [0.2, 0.25) is 0 Å². The van der Waals surface area contributed by atoms with Crippen molar-refractivity contribution in [2.24, 2.45) is 5.14 Å². The number of aromatic nitrogens is 3. The van der Waals surface area contributed by atoms with Gasteiger partial charge in [-0.2, -0.15) is 5.10 Å². The summed E-state index contributed by atoms with van der Waals surface area (Å²) in [5, 5.41) is 11.9. The van der Waals surface area contributed by atoms with E-state index in [0.29, 0.717) is 11.5 Å². The molecule has 0 spiro atoms. The molecule has 7 nitrogen and oxygen atoms in total. The molecule has 0 amide bonds. The molecule has 0 aliphatic carbocycles. The summed E-state index contributed by atoms with van der Waals surface area (Å²) in [6.07, 6.45) is 3.62. The smallest absolute Gasteiger partial charge is 0.162 e. The van der Waals surface area contributed by atoms with Crippen molar-refractivity contribution >= 4 is 39.6 Å². The van der Waals surface area contributed by atoms with Gasteiger partial charge in [-0.25, -0.2) is 4.68 Å². The Bertz CT molecular complexity index is 1080. The van der Waals surface area contributed by atoms with Crippen LogP contribution in [0.1, 0.15) is 0 Å². The van der Waals surface area contributed by atoms with Crippen LogP contribution in [-0.4, -0.2) is 29.0 Å². The van der Waals surface area contributed by atoms with Gasteiger partial charge >= 0.3 is 0 Å². The second-order valence-corrected chi connectivity index (χ2v) is 6.05. The van der Waals surface area contributed by atoms with Crippen LogP contribution >= 0.6 is 12.1 Å². The van der Waals surface area contributed by atoms with E-state index < -0.39 is 0 Å². The Morgan fingerprint density at radius 2 is 1.77 bits per heavy atom. The maximum atomic E-state index is 5.45. The molecule has 0 fully saturated rings. The Labute approximate surface area is 154 Å². The summed E-state index contributed by atoms with van der Waals surface area (Å²) >= 11 is 1.06. The first-order chi connectivity index (χ1) is 12.7. The molecule has 0 saturated heterocycles. The number of rotatable bonds is 5. The van der Waals surface area contributed by atoms with Gasteiger partial charge in [0.2, 0.25) is 0 Å². The minimum Gasteiger partial charge on any atom is -0.493 e. The molecule has 2 aromatic heterocycles. The number of hydrogen-bond donors (Lipinski definition) is 2. The molecule has 2 heterocycles. The van der Waals surface area contributed by atoms with Gasteiger partial charge < -0.3 is 14.2 Å². The zero-order valence-electron chi connectivity index (χ0n) is 14.3. The molecule has 3 N–H and O–H groups in total. The van der Waals surface area contributed by atoms with Crippen LogP contribution in [0.3, 0.4) is 0 Å². The number of anilines is 1. The summed E-state index contributed by atoms with van der Waals surface area (Å²) in [6.45, 7) is 0. The summed E-state index contributed by atoms with van der Waals surface area (Å²) in [5.41, 5.74) is 3.64. The van der Waals surface area contributed by atoms with Gasteiger partial charge in [-0.3, -0.25) is 10.1 Å². The predicted molar refractivity (Wildman–Crippen MR) is 105 cm³/mol. The average Bonchev–Trinajstić information content (AvgIpc) is 3.12. The highest BCUT2D eigenvalue weighted by Crippen LogP contribution is 2.35. The predicted octanol–water partition coefficient (Wildman–Crippen LogP) is 3.52. The zero-order valence-corrected chi connectivity index (χ0v) is 15.1. The Morgan fingerprint density at radius 1 is 1.04 bits per heavy atom. The largest absolute Gasteiger partial charge is 0.493 e. The van der Waals surface area contributed by atoms with Crippen molar-refractivity contribution < 1.29 is 9.47 Å². The maximum absolute atomic E-state index is 5.45. The molecule has 2 aromatic carbocycles. The molecule has 0 aliphatic rings. The fraction of sp³-hybridized carbons (Fsp3) is 0.111. The summed E-state index contributed by atoms with van der Waals surface area (Å²) in [7, 11) is 3.23. The van der Waals surface area contributed by atoms with E-state index >= 15 is 0 Å². The molecule has 0 atom stereocenters. The standard InChI is InChI=1S/C18H17N5O2S/c1-24-16-7-14-15(8-17(16)25-2)20-9-11-10-21-23(18(11)14)13-5-3-12(4-6-13)22-26-19/h3-10,22H,19H2,1-2H3. The summed E-state index contributed by atoms with van der Waals surface area (Å²) in [5.74, 6) is 1.30. The Kier molecular flexibility index (Phi) is 4.27. The van der Waals surface area contributed by atoms with E-state index in [4.69, 9.17) is 14.6 Å². The van der Waals surface area contributed by atoms with Crippen LogP contribution in [0, 0.1) is 0 Å². The van der Waals surface area contributed by atoms with Gasteiger partial charge in [-0.05, 0) is 30.3 Å². The summed E-state index contributed by atoms with van der Waals surface area (Å²) in [6, 6.07) is 11.7. The second kappa shape index (κ2) is 6.74. The van der Waals surface area contributed by atoms with Crippen LogP contribution in [0.5, 0.6) is 11.5 Å². The lowest BCUT2D eigenvalue weighted by Crippen LogP contribution is -1.98. The molecule has 4 rings (SSSR count). The van der Waals surface area contributed by atoms with Crippen molar-refractivity contribution in [1.29, 1.82) is 0 Å². The molecule has 132 valence electrons. The van der Waals surface area contributed by atoms with E-state index in [1.165, 1.54) is 0 Å². The van der Waals surface area contributed by atoms with E-state index in [-0.39, 0.29) is 0 Å². The Hall–Kier alpha value is -2.97. The third-order valence-electron chi connectivity index (χ3n) is 4.19. The van der Waals surface area contributed by atoms with E-state index in [1.807, 2.05) is 47.3 Å². The van der Waals surface area contributed by atoms with Crippen molar-refractivity contribution in [3.05, 3.63) is 48.8 Å². The van der Waals surface area contributed by atoms with Gasteiger partial charge in [0.05, 0.1) is 37.1 Å². The van der Waals surface area contributed by atoms with Gasteiger partial charge in [-0.15, -0.1) is 0 Å². The number of nitrogens with two attached hydrogens (primary N) is 1. The highest BCUT2D eigenvalue weighted by Gasteiger charge is 2.14. The van der Waals surface area contributed by atoms with E-state index in [2.05, 4.69) is 14.8 Å². The highest BCUT2D eigenvalue weighted by molar-refractivity contribution is 7.98. The lowest BCUT2D eigenvalue weighted by molar-refractivity contribution is 0.356. The number of pyridine rings is 1. The lowest BCUT2D eigenvalue weighted by atomic mass is 10.1. The normalized spacial score (nSPS) is 11.0. The quantitative estimate of drug-likeness (QED) is 0.522. The first-order valence-electron chi connectivity index (χ1n) is 7.86. The number of methoxy groups -OCH3 is 2. The van der Waals surface area contributed by atoms with Gasteiger partial charge in [-0.1, -0.05) is 0 Å². The van der Waals surface area contributed by atoms with Crippen molar-refractivity contribution in [2.45, 2.75) is 0 Å². The molecule has 4 aromatic rings. The van der Waals surface area contributed by atoms with E-state index in [1.54, 1.807) is 20.4 Å². The lowest BCUT2D eigenvalue weighted by Gasteiger charge is -2.11. The minimum atomic E-state index is 0.646. The molecule has 26 heavy (non-hydrogen) atoms. The Morgan fingerprint density at radius 3 is 2.46 bits per heavy atom. The maximum Gasteiger partial charge on any atom is 0.162 e. The van der Waals surface area contributed by atoms with Gasteiger partial charge in [0.15, 0.2) is 11.5 Å². The fourth-order valence-corrected chi connectivity index (χ4v) is 3.24. The number of nitrogens with zero attached hydrogens (tertiary/aromatic N) is 3. The van der Waals surface area contributed by atoms with Crippen molar-refractivity contribution in [3.63, 3.8) is 0 Å². The summed E-state index contributed by atoms with van der Waals surface area (Å²) < 4.78 is 15.7. The topological polar surface area (TPSA) is 87.2 Å². The second-order valence-electron chi connectivity index (χ2n) is 5.61. The number of nitrogens with one attached hydrogen (secondary N) is 1. The SMILES string of the molecule is COc1cc2ncc3cnn(-c4ccc(NSN)cc4)c3c2cc1OC. The Balaban J connectivity index is 1.94. The van der Waals surface area contributed by atoms with Crippen LogP contribution in [0.15, 0.2) is 48.8 Å². The van der Waals surface area contributed by atoms with Gasteiger partial charge in [0, 0.05) is 40.9 Å². The van der Waals surface area contributed by atoms with Crippen LogP contribution < -0.4 is 19.3 Å². The van der Waals surface area contributed by atoms with Crippen molar-refractivity contribution in [1.82, 2.24) is 14.8 Å². The molecule has 0 aliphatic heterocycles. The van der Waals surface area contributed by atoms with Gasteiger partial charge in [0.25, 0.3) is 0 Å². The molecule has 0 saturated carbocycles. The van der Waals surface area contributed by atoms with E-state index in [9.17, 15) is 0 Å². The highest BCUT2D eigenvalue weighted by atomic mass is 32.2. The number of ether oxygens (including phenoxy) is 2. The molecular weight excluding hydrogens is 350 g/mol. The number of benzene rings is 2. The van der Waals surface area contributed by atoms with Crippen LogP contribution in [-0.2, 0) is 0 Å². The zero-order chi connectivity index (χ0) is 18.1. The van der Waals surface area contributed by atoms with Crippen molar-refractivity contribution in [3.8, 4) is 17.2 Å². The van der Waals surface area contributed by atoms with E-state index in [0.717, 1.165) is 45.3 Å². The van der Waals surface area contributed by atoms with Crippen LogP contribution in [0.25, 0.3) is 27.5 Å². The first-order valence-corrected chi connectivity index (χ1v) is 8.73. The fourth-order valence-electron chi connectivity index (χ4n) is 2.96. The number of hydrogen-bond acceptors (Lipinski definition) is 7. The molecular formula is C18H17N5O2S. The molecule has 0 radical (unpaired) electrons. The average molecular weight is 367 g/mol. The third kappa shape index (κ3) is 2.69. The van der Waals surface area contributed by atoms with Crippen molar-refractivity contribution in [2.75, 3.05) is 18.9 Å². The minimum absolute atomic E-state index is 0.646. The number of fused-ring (bicyclic) bond motifs is 3. The molecule has 0 unspecified atom stereocenters. The molecule has 0 bridgehead atoms. The third-order valence-corrected chi connectivity index (χ3v) is 4.54. The first kappa shape index (κ1) is 16.5. The monoisotopic (exact) mass is 367 g/mol. The summed E-state index contributed by atoms with van der Waals surface area (Å²) in [4.78, 5) is 4.52. The van der Waals surface area contributed by atoms with Gasteiger partial charge in [0.1, 0.15) is 0 Å². The van der Waals surface area contributed by atoms with Crippen LogP contribution in [0.4, 0.5) is 5.69 Å².